The molecule has 0 fully saturated rings. The molecule has 1 aliphatic heterocycles. The van der Waals surface area contributed by atoms with Gasteiger partial charge in [0.25, 0.3) is 0 Å². The van der Waals surface area contributed by atoms with Crippen molar-refractivity contribution in [3.63, 3.8) is 0 Å². The van der Waals surface area contributed by atoms with Gasteiger partial charge in [0.05, 0.1) is 20.3 Å². The summed E-state index contributed by atoms with van der Waals surface area (Å²) in [5, 5.41) is 4.57. The number of carbonyl (C=O) groups excluding carboxylic acids is 1. The highest BCUT2D eigenvalue weighted by atomic mass is 16.5. The maximum absolute atomic E-state index is 12.2. The van der Waals surface area contributed by atoms with Crippen LogP contribution in [-0.4, -0.2) is 48.0 Å². The molecule has 0 aliphatic carbocycles. The van der Waals surface area contributed by atoms with Crippen LogP contribution in [0.1, 0.15) is 34.2 Å². The first kappa shape index (κ1) is 16.5. The van der Waals surface area contributed by atoms with Crippen LogP contribution in [0.5, 0.6) is 5.75 Å². The topological polar surface area (TPSA) is 56.6 Å². The SMILES string of the molecule is CCOC(=O)c1nn(Cc2ccc(OC)cc2)c2c1CN(C)CC2. The number of ether oxygens (including phenoxy) is 2. The number of likely N-dealkylation sites (N-methyl/N-ethyl adjacent to an activating group) is 1. The maximum atomic E-state index is 12.2. The van der Waals surface area contributed by atoms with Crippen molar-refractivity contribution in [3.05, 3.63) is 46.8 Å². The van der Waals surface area contributed by atoms with Crippen LogP contribution in [0, 0.1) is 0 Å². The summed E-state index contributed by atoms with van der Waals surface area (Å²) in [5.74, 6) is 0.493. The van der Waals surface area contributed by atoms with Crippen LogP contribution in [0.25, 0.3) is 0 Å². The Kier molecular flexibility index (Phi) is 4.85. The van der Waals surface area contributed by atoms with Crippen LogP contribution in [0.3, 0.4) is 0 Å². The van der Waals surface area contributed by atoms with E-state index in [0.29, 0.717) is 18.8 Å². The summed E-state index contributed by atoms with van der Waals surface area (Å²) in [7, 11) is 3.71. The predicted octanol–water partition coefficient (Wildman–Crippen LogP) is 2.10. The first-order valence-electron chi connectivity index (χ1n) is 8.19. The summed E-state index contributed by atoms with van der Waals surface area (Å²) >= 11 is 0. The fraction of sp³-hybridized carbons (Fsp3) is 0.444. The average Bonchev–Trinajstić information content (AvgIpc) is 2.93. The predicted molar refractivity (Wildman–Crippen MR) is 90.3 cm³/mol. The van der Waals surface area contributed by atoms with Crippen molar-refractivity contribution in [2.75, 3.05) is 27.3 Å². The van der Waals surface area contributed by atoms with Gasteiger partial charge in [-0.2, -0.15) is 5.10 Å². The van der Waals surface area contributed by atoms with Crippen LogP contribution >= 0.6 is 0 Å². The van der Waals surface area contributed by atoms with E-state index in [0.717, 1.165) is 42.1 Å². The Morgan fingerprint density at radius 1 is 1.29 bits per heavy atom. The molecule has 0 atom stereocenters. The number of benzene rings is 1. The molecule has 1 aromatic carbocycles. The molecule has 0 unspecified atom stereocenters. The highest BCUT2D eigenvalue weighted by molar-refractivity contribution is 5.89. The molecule has 0 amide bonds. The summed E-state index contributed by atoms with van der Waals surface area (Å²) in [6.45, 7) is 4.49. The zero-order chi connectivity index (χ0) is 17.1. The summed E-state index contributed by atoms with van der Waals surface area (Å²) in [6, 6.07) is 7.91. The van der Waals surface area contributed by atoms with Gasteiger partial charge in [0, 0.05) is 30.8 Å². The van der Waals surface area contributed by atoms with E-state index in [-0.39, 0.29) is 5.97 Å². The van der Waals surface area contributed by atoms with Gasteiger partial charge in [-0.05, 0) is 31.7 Å². The molecule has 6 heteroatoms. The van der Waals surface area contributed by atoms with Gasteiger partial charge in [-0.15, -0.1) is 0 Å². The van der Waals surface area contributed by atoms with Crippen molar-refractivity contribution in [2.45, 2.75) is 26.4 Å². The lowest BCUT2D eigenvalue weighted by Crippen LogP contribution is -2.28. The van der Waals surface area contributed by atoms with E-state index >= 15 is 0 Å². The standard InChI is InChI=1S/C18H23N3O3/c1-4-24-18(22)17-15-12-20(2)10-9-16(15)21(19-17)11-13-5-7-14(23-3)8-6-13/h5-8H,4,9-12H2,1-3H3. The van der Waals surface area contributed by atoms with Crippen LogP contribution in [0.4, 0.5) is 0 Å². The number of methoxy groups -OCH3 is 1. The van der Waals surface area contributed by atoms with Crippen LogP contribution < -0.4 is 4.74 Å². The number of esters is 1. The minimum absolute atomic E-state index is 0.336. The Morgan fingerprint density at radius 3 is 2.71 bits per heavy atom. The van der Waals surface area contributed by atoms with E-state index in [2.05, 4.69) is 17.0 Å². The molecule has 1 aromatic heterocycles. The molecule has 0 N–H and O–H groups in total. The van der Waals surface area contributed by atoms with E-state index in [9.17, 15) is 4.79 Å². The number of rotatable bonds is 5. The summed E-state index contributed by atoms with van der Waals surface area (Å²) < 4.78 is 12.3. The Morgan fingerprint density at radius 2 is 2.04 bits per heavy atom. The molecule has 0 spiro atoms. The Labute approximate surface area is 142 Å². The smallest absolute Gasteiger partial charge is 0.359 e. The highest BCUT2D eigenvalue weighted by Crippen LogP contribution is 2.24. The van der Waals surface area contributed by atoms with Crippen molar-refractivity contribution in [1.29, 1.82) is 0 Å². The Bertz CT molecular complexity index is 722. The molecular formula is C18H23N3O3. The molecular weight excluding hydrogens is 306 g/mol. The van der Waals surface area contributed by atoms with Crippen LogP contribution in [0.2, 0.25) is 0 Å². The minimum atomic E-state index is -0.336. The van der Waals surface area contributed by atoms with E-state index in [1.165, 1.54) is 0 Å². The largest absolute Gasteiger partial charge is 0.497 e. The van der Waals surface area contributed by atoms with Crippen molar-refractivity contribution in [1.82, 2.24) is 14.7 Å². The number of fused-ring (bicyclic) bond motifs is 1. The van der Waals surface area contributed by atoms with Crippen LogP contribution in [0.15, 0.2) is 24.3 Å². The third kappa shape index (κ3) is 3.28. The lowest BCUT2D eigenvalue weighted by Gasteiger charge is -2.23. The van der Waals surface area contributed by atoms with Crippen molar-refractivity contribution in [3.8, 4) is 5.75 Å². The molecule has 0 saturated carbocycles. The fourth-order valence-electron chi connectivity index (χ4n) is 3.02. The number of aromatic nitrogens is 2. The average molecular weight is 329 g/mol. The summed E-state index contributed by atoms with van der Waals surface area (Å²) in [6.07, 6.45) is 0.883. The number of carbonyl (C=O) groups is 1. The fourth-order valence-corrected chi connectivity index (χ4v) is 3.02. The highest BCUT2D eigenvalue weighted by Gasteiger charge is 2.27. The molecule has 2 aromatic rings. The minimum Gasteiger partial charge on any atom is -0.497 e. The molecule has 2 heterocycles. The third-order valence-corrected chi connectivity index (χ3v) is 4.29. The number of hydrogen-bond acceptors (Lipinski definition) is 5. The quantitative estimate of drug-likeness (QED) is 0.786. The van der Waals surface area contributed by atoms with E-state index in [1.807, 2.05) is 35.9 Å². The first-order chi connectivity index (χ1) is 11.6. The lowest BCUT2D eigenvalue weighted by atomic mass is 10.1. The maximum Gasteiger partial charge on any atom is 0.359 e. The molecule has 1 aliphatic rings. The summed E-state index contributed by atoms with van der Waals surface area (Å²) in [5.41, 5.74) is 3.70. The Balaban J connectivity index is 1.92. The first-order valence-corrected chi connectivity index (χ1v) is 8.19. The van der Waals surface area contributed by atoms with Gasteiger partial charge >= 0.3 is 5.97 Å². The van der Waals surface area contributed by atoms with Gasteiger partial charge in [0.1, 0.15) is 5.75 Å². The third-order valence-electron chi connectivity index (χ3n) is 4.29. The normalized spacial score (nSPS) is 14.3. The molecule has 0 bridgehead atoms. The number of nitrogens with zero attached hydrogens (tertiary/aromatic N) is 3. The van der Waals surface area contributed by atoms with Crippen molar-refractivity contribution < 1.29 is 14.3 Å². The van der Waals surface area contributed by atoms with Crippen molar-refractivity contribution >= 4 is 5.97 Å². The van der Waals surface area contributed by atoms with Crippen molar-refractivity contribution in [2.24, 2.45) is 0 Å². The molecule has 24 heavy (non-hydrogen) atoms. The van der Waals surface area contributed by atoms with E-state index in [4.69, 9.17) is 9.47 Å². The van der Waals surface area contributed by atoms with Crippen LogP contribution in [-0.2, 0) is 24.2 Å². The summed E-state index contributed by atoms with van der Waals surface area (Å²) in [4.78, 5) is 14.4. The number of hydrogen-bond donors (Lipinski definition) is 0. The van der Waals surface area contributed by atoms with Gasteiger partial charge in [-0.25, -0.2) is 4.79 Å². The second kappa shape index (κ2) is 7.05. The zero-order valence-corrected chi connectivity index (χ0v) is 14.4. The lowest BCUT2D eigenvalue weighted by molar-refractivity contribution is 0.0516. The van der Waals surface area contributed by atoms with Gasteiger partial charge < -0.3 is 14.4 Å². The molecule has 0 saturated heterocycles. The zero-order valence-electron chi connectivity index (χ0n) is 14.4. The molecule has 6 nitrogen and oxygen atoms in total. The van der Waals surface area contributed by atoms with Gasteiger partial charge in [0.15, 0.2) is 5.69 Å². The Hall–Kier alpha value is -2.34. The second-order valence-corrected chi connectivity index (χ2v) is 5.99. The molecule has 3 rings (SSSR count). The van der Waals surface area contributed by atoms with Gasteiger partial charge in [-0.3, -0.25) is 4.68 Å². The van der Waals surface area contributed by atoms with Gasteiger partial charge in [0.2, 0.25) is 0 Å². The second-order valence-electron chi connectivity index (χ2n) is 5.99. The monoisotopic (exact) mass is 329 g/mol. The van der Waals surface area contributed by atoms with E-state index in [1.54, 1.807) is 7.11 Å². The molecule has 0 radical (unpaired) electrons. The van der Waals surface area contributed by atoms with E-state index < -0.39 is 0 Å². The van der Waals surface area contributed by atoms with Gasteiger partial charge in [-0.1, -0.05) is 12.1 Å². The molecule has 128 valence electrons.